The van der Waals surface area contributed by atoms with Crippen molar-refractivity contribution in [1.82, 2.24) is 15.1 Å². The summed E-state index contributed by atoms with van der Waals surface area (Å²) < 4.78 is 23.8. The molecule has 0 aliphatic rings. The molecule has 8 nitrogen and oxygen atoms in total. The van der Waals surface area contributed by atoms with Gasteiger partial charge in [0, 0.05) is 12.1 Å². The Morgan fingerprint density at radius 1 is 1.17 bits per heavy atom. The summed E-state index contributed by atoms with van der Waals surface area (Å²) in [5.74, 6) is -2.63. The van der Waals surface area contributed by atoms with Crippen molar-refractivity contribution >= 4 is 11.9 Å². The first-order valence-corrected chi connectivity index (χ1v) is 9.27. The van der Waals surface area contributed by atoms with Gasteiger partial charge in [-0.15, -0.1) is 5.10 Å². The SMILES string of the molecule is CC(OC(=O)Cn1nc(-c2ccc(F)cc2)oc1=O)C(=O)NCCc1ccccc1. The molecular weight excluding hydrogens is 393 g/mol. The van der Waals surface area contributed by atoms with Crippen LogP contribution in [0, 0.1) is 5.82 Å². The second-order valence-electron chi connectivity index (χ2n) is 6.50. The lowest BCUT2D eigenvalue weighted by Crippen LogP contribution is -2.38. The summed E-state index contributed by atoms with van der Waals surface area (Å²) in [5, 5.41) is 6.59. The number of nitrogens with one attached hydrogen (secondary N) is 1. The number of nitrogens with zero attached hydrogens (tertiary/aromatic N) is 2. The molecule has 9 heteroatoms. The van der Waals surface area contributed by atoms with Crippen molar-refractivity contribution in [3.63, 3.8) is 0 Å². The maximum atomic E-state index is 13.0. The fraction of sp³-hybridized carbons (Fsp3) is 0.238. The van der Waals surface area contributed by atoms with E-state index in [0.29, 0.717) is 18.5 Å². The number of hydrogen-bond acceptors (Lipinski definition) is 6. The molecule has 0 saturated carbocycles. The first-order valence-electron chi connectivity index (χ1n) is 9.27. The van der Waals surface area contributed by atoms with Crippen LogP contribution in [0.4, 0.5) is 4.39 Å². The van der Waals surface area contributed by atoms with E-state index >= 15 is 0 Å². The molecule has 0 fully saturated rings. The van der Waals surface area contributed by atoms with Crippen molar-refractivity contribution in [2.75, 3.05) is 6.54 Å². The van der Waals surface area contributed by atoms with Crippen molar-refractivity contribution in [2.24, 2.45) is 0 Å². The molecule has 1 aromatic heterocycles. The third kappa shape index (κ3) is 5.63. The van der Waals surface area contributed by atoms with Crippen molar-refractivity contribution < 1.29 is 23.1 Å². The van der Waals surface area contributed by atoms with Crippen LogP contribution in [0.25, 0.3) is 11.5 Å². The zero-order chi connectivity index (χ0) is 21.5. The third-order valence-corrected chi connectivity index (χ3v) is 4.21. The molecule has 0 radical (unpaired) electrons. The van der Waals surface area contributed by atoms with Gasteiger partial charge in [-0.05, 0) is 43.2 Å². The first kappa shape index (κ1) is 21.0. The molecule has 30 heavy (non-hydrogen) atoms. The molecule has 1 N–H and O–H groups in total. The summed E-state index contributed by atoms with van der Waals surface area (Å²) in [6, 6.07) is 14.8. The van der Waals surface area contributed by atoms with Gasteiger partial charge in [-0.1, -0.05) is 30.3 Å². The third-order valence-electron chi connectivity index (χ3n) is 4.21. The Morgan fingerprint density at radius 3 is 2.57 bits per heavy atom. The molecule has 2 aromatic carbocycles. The molecular formula is C21H20FN3O5. The zero-order valence-corrected chi connectivity index (χ0v) is 16.2. The fourth-order valence-corrected chi connectivity index (χ4v) is 2.64. The van der Waals surface area contributed by atoms with Crippen LogP contribution in [-0.4, -0.2) is 34.3 Å². The standard InChI is InChI=1S/C21H20FN3O5/c1-14(19(27)23-12-11-15-5-3-2-4-6-15)29-18(26)13-25-21(28)30-20(24-25)16-7-9-17(22)10-8-16/h2-10,14H,11-13H2,1H3,(H,23,27). The summed E-state index contributed by atoms with van der Waals surface area (Å²) in [6.45, 7) is 1.31. The van der Waals surface area contributed by atoms with E-state index in [4.69, 9.17) is 9.15 Å². The normalized spacial score (nSPS) is 11.7. The van der Waals surface area contributed by atoms with Gasteiger partial charge in [0.25, 0.3) is 5.91 Å². The lowest BCUT2D eigenvalue weighted by molar-refractivity contribution is -0.155. The molecule has 0 saturated heterocycles. The summed E-state index contributed by atoms with van der Waals surface area (Å²) >= 11 is 0. The van der Waals surface area contributed by atoms with E-state index in [2.05, 4.69) is 10.4 Å². The molecule has 3 rings (SSSR count). The molecule has 0 aliphatic heterocycles. The summed E-state index contributed by atoms with van der Waals surface area (Å²) in [6.07, 6.45) is -0.388. The number of halogens is 1. The average molecular weight is 413 g/mol. The smallest absolute Gasteiger partial charge is 0.437 e. The van der Waals surface area contributed by atoms with E-state index in [-0.39, 0.29) is 5.89 Å². The topological polar surface area (TPSA) is 103 Å². The van der Waals surface area contributed by atoms with Gasteiger partial charge in [0.2, 0.25) is 5.89 Å². The van der Waals surface area contributed by atoms with Gasteiger partial charge >= 0.3 is 11.7 Å². The van der Waals surface area contributed by atoms with Crippen LogP contribution in [0.1, 0.15) is 12.5 Å². The van der Waals surface area contributed by atoms with Crippen LogP contribution in [-0.2, 0) is 27.3 Å². The van der Waals surface area contributed by atoms with Gasteiger partial charge in [0.05, 0.1) is 0 Å². The minimum absolute atomic E-state index is 0.0560. The van der Waals surface area contributed by atoms with Gasteiger partial charge in [-0.2, -0.15) is 4.68 Å². The molecule has 0 bridgehead atoms. The largest absolute Gasteiger partial charge is 0.451 e. The number of amides is 1. The van der Waals surface area contributed by atoms with E-state index in [1.54, 1.807) is 0 Å². The highest BCUT2D eigenvalue weighted by atomic mass is 19.1. The quantitative estimate of drug-likeness (QED) is 0.566. The summed E-state index contributed by atoms with van der Waals surface area (Å²) in [7, 11) is 0. The number of carbonyl (C=O) groups is 2. The van der Waals surface area contributed by atoms with E-state index < -0.39 is 36.1 Å². The Labute approximate surface area is 171 Å². The van der Waals surface area contributed by atoms with E-state index in [0.717, 1.165) is 10.2 Å². The van der Waals surface area contributed by atoms with Crippen LogP contribution in [0.5, 0.6) is 0 Å². The molecule has 3 aromatic rings. The monoisotopic (exact) mass is 413 g/mol. The minimum atomic E-state index is -1.03. The zero-order valence-electron chi connectivity index (χ0n) is 16.2. The maximum Gasteiger partial charge on any atom is 0.437 e. The summed E-state index contributed by atoms with van der Waals surface area (Å²) in [5.41, 5.74) is 1.46. The average Bonchev–Trinajstić information content (AvgIpc) is 3.09. The Hall–Kier alpha value is -3.75. The molecule has 1 amide bonds. The number of benzene rings is 2. The van der Waals surface area contributed by atoms with Gasteiger partial charge in [-0.25, -0.2) is 9.18 Å². The van der Waals surface area contributed by atoms with Gasteiger partial charge in [0.1, 0.15) is 12.4 Å². The highest BCUT2D eigenvalue weighted by Crippen LogP contribution is 2.15. The Kier molecular flexibility index (Phi) is 6.74. The number of aromatic nitrogens is 2. The van der Waals surface area contributed by atoms with Crippen LogP contribution in [0.15, 0.2) is 63.8 Å². The lowest BCUT2D eigenvalue weighted by Gasteiger charge is -2.13. The molecule has 156 valence electrons. The number of rotatable bonds is 8. The predicted octanol–water partition coefficient (Wildman–Crippen LogP) is 1.93. The van der Waals surface area contributed by atoms with Crippen molar-refractivity contribution in [3.8, 4) is 11.5 Å². The van der Waals surface area contributed by atoms with E-state index in [1.807, 2.05) is 30.3 Å². The van der Waals surface area contributed by atoms with Crippen LogP contribution >= 0.6 is 0 Å². The Morgan fingerprint density at radius 2 is 1.87 bits per heavy atom. The Bertz CT molecular complexity index is 1060. The van der Waals surface area contributed by atoms with Crippen LogP contribution < -0.4 is 11.1 Å². The first-order chi connectivity index (χ1) is 14.4. The van der Waals surface area contributed by atoms with Gasteiger partial charge in [-0.3, -0.25) is 9.59 Å². The van der Waals surface area contributed by atoms with Crippen LogP contribution in [0.2, 0.25) is 0 Å². The second-order valence-corrected chi connectivity index (χ2v) is 6.50. The highest BCUT2D eigenvalue weighted by molar-refractivity contribution is 5.83. The maximum absolute atomic E-state index is 13.0. The van der Waals surface area contributed by atoms with E-state index in [1.165, 1.54) is 31.2 Å². The highest BCUT2D eigenvalue weighted by Gasteiger charge is 2.20. The number of esters is 1. The minimum Gasteiger partial charge on any atom is -0.451 e. The van der Waals surface area contributed by atoms with Crippen LogP contribution in [0.3, 0.4) is 0 Å². The molecule has 0 aliphatic carbocycles. The Balaban J connectivity index is 1.50. The van der Waals surface area contributed by atoms with E-state index in [9.17, 15) is 18.8 Å². The van der Waals surface area contributed by atoms with Gasteiger partial charge < -0.3 is 14.5 Å². The number of carbonyl (C=O) groups excluding carboxylic acids is 2. The molecule has 1 heterocycles. The summed E-state index contributed by atoms with van der Waals surface area (Å²) in [4.78, 5) is 36.0. The number of ether oxygens (including phenoxy) is 1. The second kappa shape index (κ2) is 9.64. The number of hydrogen-bond donors (Lipinski definition) is 1. The molecule has 1 unspecified atom stereocenters. The van der Waals surface area contributed by atoms with Crippen molar-refractivity contribution in [1.29, 1.82) is 0 Å². The predicted molar refractivity (Wildman–Crippen MR) is 105 cm³/mol. The van der Waals surface area contributed by atoms with Gasteiger partial charge in [0.15, 0.2) is 6.10 Å². The van der Waals surface area contributed by atoms with Crippen molar-refractivity contribution in [2.45, 2.75) is 26.0 Å². The lowest BCUT2D eigenvalue weighted by atomic mass is 10.1. The molecule has 1 atom stereocenters. The molecule has 0 spiro atoms. The fourth-order valence-electron chi connectivity index (χ4n) is 2.64. The van der Waals surface area contributed by atoms with Crippen molar-refractivity contribution in [3.05, 3.63) is 76.5 Å².